The molecule has 2 aromatic heterocycles. The summed E-state index contributed by atoms with van der Waals surface area (Å²) in [6.07, 6.45) is -2.66. The number of ether oxygens (including phenoxy) is 2. The van der Waals surface area contributed by atoms with Crippen molar-refractivity contribution in [2.45, 2.75) is 64.1 Å². The first-order valence-corrected chi connectivity index (χ1v) is 22.7. The molecule has 348 valence electrons. The lowest BCUT2D eigenvalue weighted by Crippen LogP contribution is -2.38. The van der Waals surface area contributed by atoms with Crippen LogP contribution in [0.3, 0.4) is 0 Å². The average Bonchev–Trinajstić information content (AvgIpc) is 3.20. The Balaban J connectivity index is 0.000000352. The topological polar surface area (TPSA) is 182 Å². The van der Waals surface area contributed by atoms with E-state index in [4.69, 9.17) is 32.0 Å². The zero-order chi connectivity index (χ0) is 47.5. The summed E-state index contributed by atoms with van der Waals surface area (Å²) in [4.78, 5) is 14.0. The predicted molar refractivity (Wildman–Crippen MR) is 230 cm³/mol. The van der Waals surface area contributed by atoms with Crippen molar-refractivity contribution in [3.8, 4) is 11.5 Å². The van der Waals surface area contributed by atoms with Crippen LogP contribution in [0.25, 0.3) is 0 Å². The third-order valence-corrected chi connectivity index (χ3v) is 9.18. The van der Waals surface area contributed by atoms with E-state index in [1.54, 1.807) is 0 Å². The monoisotopic (exact) mass is 972 g/mol. The van der Waals surface area contributed by atoms with Gasteiger partial charge in [-0.1, -0.05) is 0 Å². The number of piperidine rings is 2. The van der Waals surface area contributed by atoms with Gasteiger partial charge in [0, 0.05) is 100 Å². The number of pyridine rings is 2. The van der Waals surface area contributed by atoms with Gasteiger partial charge in [-0.15, -0.1) is 0 Å². The second-order valence-corrected chi connectivity index (χ2v) is 17.4. The Labute approximate surface area is 373 Å². The molecule has 0 atom stereocenters. The van der Waals surface area contributed by atoms with Gasteiger partial charge in [-0.25, -0.2) is 18.4 Å². The van der Waals surface area contributed by atoms with Crippen molar-refractivity contribution in [2.75, 3.05) is 67.0 Å². The van der Waals surface area contributed by atoms with E-state index in [-0.39, 0.29) is 12.2 Å². The smallest absolute Gasteiger partial charge is 0.417 e. The predicted octanol–water partition coefficient (Wildman–Crippen LogP) is 7.41. The Hall–Kier alpha value is -5.00. The van der Waals surface area contributed by atoms with Gasteiger partial charge in [0.15, 0.2) is 0 Å². The quantitative estimate of drug-likeness (QED) is 0.110. The normalized spacial score (nSPS) is 14.4. The highest BCUT2D eigenvalue weighted by atomic mass is 35.7. The molecule has 6 rings (SSSR count). The molecule has 63 heavy (non-hydrogen) atoms. The lowest BCUT2D eigenvalue weighted by atomic mass is 10.1. The maximum absolute atomic E-state index is 12.6. The number of alkyl halides is 6. The molecule has 2 aromatic carbocycles. The minimum Gasteiger partial charge on any atom is -0.490 e. The highest BCUT2D eigenvalue weighted by Gasteiger charge is 2.32. The Morgan fingerprint density at radius 3 is 1.32 bits per heavy atom. The molecule has 24 heteroatoms. The fourth-order valence-electron chi connectivity index (χ4n) is 6.20. The van der Waals surface area contributed by atoms with Crippen LogP contribution in [0.1, 0.15) is 47.9 Å². The Bertz CT molecular complexity index is 2200. The molecule has 0 radical (unpaired) electrons. The first-order valence-electron chi connectivity index (χ1n) is 18.7. The largest absolute Gasteiger partial charge is 0.490 e. The van der Waals surface area contributed by atoms with Crippen molar-refractivity contribution in [1.82, 2.24) is 9.97 Å². The van der Waals surface area contributed by atoms with Crippen molar-refractivity contribution < 1.29 is 61.1 Å². The maximum atomic E-state index is 12.6. The molecule has 0 unspecified atom stereocenters. The molecule has 0 amide bonds. The molecule has 0 bridgehead atoms. The van der Waals surface area contributed by atoms with Crippen molar-refractivity contribution in [3.63, 3.8) is 0 Å². The van der Waals surface area contributed by atoms with Crippen molar-refractivity contribution in [3.05, 3.63) is 95.3 Å². The Kier molecular flexibility index (Phi) is 21.8. The number of hydrogen-bond donors (Lipinski definition) is 1. The summed E-state index contributed by atoms with van der Waals surface area (Å²) < 4.78 is 140. The maximum Gasteiger partial charge on any atom is 0.417 e. The van der Waals surface area contributed by atoms with E-state index in [0.717, 1.165) is 90.5 Å². The molecular weight excluding hydrogens is 926 g/mol. The van der Waals surface area contributed by atoms with E-state index in [1.165, 1.54) is 12.1 Å². The number of aromatic nitrogens is 2. The number of rotatable bonds is 7. The van der Waals surface area contributed by atoms with Gasteiger partial charge < -0.3 is 29.9 Å². The number of hydrogen-bond acceptors (Lipinski definition) is 14. The van der Waals surface area contributed by atoms with E-state index < -0.39 is 55.7 Å². The summed E-state index contributed by atoms with van der Waals surface area (Å²) in [5.74, 6) is 2.78. The number of nitrogens with two attached hydrogens (primary N) is 1. The van der Waals surface area contributed by atoms with Gasteiger partial charge in [-0.3, -0.25) is 0 Å². The van der Waals surface area contributed by atoms with Gasteiger partial charge in [-0.05, 0) is 85.6 Å². The van der Waals surface area contributed by atoms with E-state index in [2.05, 4.69) is 32.5 Å². The van der Waals surface area contributed by atoms with Crippen LogP contribution in [0.4, 0.5) is 49.4 Å². The van der Waals surface area contributed by atoms with Crippen LogP contribution >= 0.6 is 10.7 Å². The van der Waals surface area contributed by atoms with E-state index in [9.17, 15) is 34.8 Å². The lowest BCUT2D eigenvalue weighted by molar-refractivity contribution is -0.138. The van der Waals surface area contributed by atoms with E-state index >= 15 is 0 Å². The van der Waals surface area contributed by atoms with Crippen LogP contribution in [0, 0.1) is 13.8 Å². The van der Waals surface area contributed by atoms with Crippen molar-refractivity contribution in [2.24, 2.45) is 0 Å². The number of nitrogens with zero attached hydrogens (tertiary/aromatic N) is 5. The second kappa shape index (κ2) is 25.3. The van der Waals surface area contributed by atoms with Crippen LogP contribution in [0.2, 0.25) is 0 Å². The Morgan fingerprint density at radius 1 is 0.683 bits per heavy atom. The molecule has 2 aliphatic heterocycles. The fourth-order valence-corrected chi connectivity index (χ4v) is 6.20. The minimum absolute atomic E-state index is 0.0775. The van der Waals surface area contributed by atoms with Gasteiger partial charge in [0.25, 0.3) is 0 Å². The number of benzene rings is 2. The van der Waals surface area contributed by atoms with Crippen LogP contribution in [0.5, 0.6) is 11.5 Å². The lowest BCUT2D eigenvalue weighted by Gasteiger charge is -2.33. The summed E-state index contributed by atoms with van der Waals surface area (Å²) in [5.41, 5.74) is 8.37. The molecule has 0 spiro atoms. The molecule has 0 aliphatic carbocycles. The summed E-state index contributed by atoms with van der Waals surface area (Å²) in [5, 5.41) is 0. The molecule has 4 aromatic rings. The average molecular weight is 973 g/mol. The fraction of sp³-hybridized carbons (Fsp3) is 0.436. The molecule has 2 saturated heterocycles. The van der Waals surface area contributed by atoms with E-state index in [0.29, 0.717) is 37.8 Å². The molecular formula is C39H47ClF6N6O8S3. The standard InChI is InChI=1S/C20H24F3N3O.C18H20F3N3O.CH3ClO2S.2O2S/c1-14-12-17(5-6-18(14)25(2)3)27-16-8-10-26(11-9-16)19-7-4-15(13-24-19)20(21,22)23;1-12-10-15(3-4-16(12)22)25-14-6-8-24(9-7-14)17-5-2-13(11-23-17)18(19,20)21;1-5(2,3)4;2*1-3-2/h4-7,12-13,16H,8-11H2,1-3H3;2-5,10-11,14H,6-9,22H2,1H3;1H3;;. The van der Waals surface area contributed by atoms with Crippen LogP contribution in [-0.4, -0.2) is 94.0 Å². The van der Waals surface area contributed by atoms with Gasteiger partial charge in [0.05, 0.1) is 17.4 Å². The molecule has 2 N–H and O–H groups in total. The minimum atomic E-state index is -4.36. The first kappa shape index (κ1) is 54.1. The summed E-state index contributed by atoms with van der Waals surface area (Å²) in [7, 11) is 5.32. The molecule has 0 saturated carbocycles. The zero-order valence-corrected chi connectivity index (χ0v) is 37.9. The van der Waals surface area contributed by atoms with Gasteiger partial charge in [-0.2, -0.15) is 43.2 Å². The Morgan fingerprint density at radius 2 is 1.03 bits per heavy atom. The number of halogens is 7. The summed E-state index contributed by atoms with van der Waals surface area (Å²) >= 11 is -1.50. The SMILES string of the molecule is CS(=O)(=O)Cl.Cc1cc(OC2CCN(c3ccc(C(F)(F)F)cn3)CC2)ccc1N.Cc1cc(OC2CCN(c3ccc(C(F)(F)F)cn3)CC2)ccc1N(C)C.O=S=O.O=S=O. The van der Waals surface area contributed by atoms with Crippen LogP contribution < -0.4 is 29.9 Å². The third kappa shape index (κ3) is 19.9. The summed E-state index contributed by atoms with van der Waals surface area (Å²) in [6, 6.07) is 16.7. The van der Waals surface area contributed by atoms with Gasteiger partial charge in [0.1, 0.15) is 35.3 Å². The highest BCUT2D eigenvalue weighted by molar-refractivity contribution is 8.13. The van der Waals surface area contributed by atoms with Gasteiger partial charge >= 0.3 is 35.5 Å². The van der Waals surface area contributed by atoms with Crippen LogP contribution in [0.15, 0.2) is 73.1 Å². The van der Waals surface area contributed by atoms with Crippen molar-refractivity contribution >= 4 is 65.9 Å². The summed E-state index contributed by atoms with van der Waals surface area (Å²) in [6.45, 7) is 6.78. The molecule has 4 heterocycles. The second-order valence-electron chi connectivity index (χ2n) is 14.1. The first-order chi connectivity index (χ1) is 29.4. The van der Waals surface area contributed by atoms with Crippen LogP contribution in [-0.2, 0) is 44.5 Å². The number of aryl methyl sites for hydroxylation is 2. The molecule has 14 nitrogen and oxygen atoms in total. The van der Waals surface area contributed by atoms with Gasteiger partial charge in [0.2, 0.25) is 9.05 Å². The van der Waals surface area contributed by atoms with Crippen molar-refractivity contribution in [1.29, 1.82) is 0 Å². The number of anilines is 4. The number of nitrogen functional groups attached to an aromatic ring is 1. The highest BCUT2D eigenvalue weighted by Crippen LogP contribution is 2.32. The third-order valence-electron chi connectivity index (χ3n) is 9.18. The van der Waals surface area contributed by atoms with E-state index in [1.807, 2.05) is 67.2 Å². The molecule has 2 fully saturated rings. The zero-order valence-electron chi connectivity index (χ0n) is 34.7. The molecule has 2 aliphatic rings.